The molecule has 0 aliphatic heterocycles. The highest BCUT2D eigenvalue weighted by Gasteiger charge is 2.18. The van der Waals surface area contributed by atoms with Crippen molar-refractivity contribution in [1.82, 2.24) is 20.1 Å². The van der Waals surface area contributed by atoms with Gasteiger partial charge in [-0.05, 0) is 67.9 Å². The number of nitrogens with one attached hydrogen (secondary N) is 1. The molecule has 4 rings (SSSR count). The molecule has 4 aromatic rings. The lowest BCUT2D eigenvalue weighted by Gasteiger charge is -2.11. The van der Waals surface area contributed by atoms with Gasteiger partial charge in [0, 0.05) is 30.4 Å². The van der Waals surface area contributed by atoms with E-state index in [4.69, 9.17) is 9.84 Å². The van der Waals surface area contributed by atoms with E-state index < -0.39 is 0 Å². The summed E-state index contributed by atoms with van der Waals surface area (Å²) in [7, 11) is 1.64. The maximum atomic E-state index is 13.1. The zero-order valence-corrected chi connectivity index (χ0v) is 18.5. The van der Waals surface area contributed by atoms with Crippen LogP contribution in [0.1, 0.15) is 27.3 Å². The molecular formula is C26H26N4O2. The second kappa shape index (κ2) is 9.47. The normalized spacial score (nSPS) is 10.7. The van der Waals surface area contributed by atoms with Gasteiger partial charge in [-0.2, -0.15) is 5.10 Å². The molecule has 1 amide bonds. The van der Waals surface area contributed by atoms with E-state index >= 15 is 0 Å². The van der Waals surface area contributed by atoms with Crippen molar-refractivity contribution in [3.63, 3.8) is 0 Å². The second-order valence-electron chi connectivity index (χ2n) is 7.67. The molecule has 0 aliphatic rings. The van der Waals surface area contributed by atoms with Crippen molar-refractivity contribution in [3.8, 4) is 22.7 Å². The molecule has 2 aromatic carbocycles. The summed E-state index contributed by atoms with van der Waals surface area (Å²) in [5, 5.41) is 7.80. The summed E-state index contributed by atoms with van der Waals surface area (Å²) in [5.74, 6) is 0.600. The number of pyridine rings is 1. The average Bonchev–Trinajstić information content (AvgIpc) is 3.25. The fourth-order valence-corrected chi connectivity index (χ4v) is 3.61. The minimum Gasteiger partial charge on any atom is -0.497 e. The first-order valence-electron chi connectivity index (χ1n) is 10.6. The van der Waals surface area contributed by atoms with Crippen LogP contribution in [0.5, 0.6) is 5.75 Å². The number of ether oxygens (including phenoxy) is 1. The zero-order valence-electron chi connectivity index (χ0n) is 18.5. The van der Waals surface area contributed by atoms with Crippen LogP contribution < -0.4 is 10.1 Å². The molecule has 0 saturated heterocycles. The number of carbonyl (C=O) groups excluding carboxylic acids is 1. The summed E-state index contributed by atoms with van der Waals surface area (Å²) < 4.78 is 6.98. The predicted octanol–water partition coefficient (Wildman–Crippen LogP) is 4.53. The van der Waals surface area contributed by atoms with Crippen molar-refractivity contribution < 1.29 is 9.53 Å². The number of amides is 1. The van der Waals surface area contributed by atoms with Crippen LogP contribution in [0.2, 0.25) is 0 Å². The van der Waals surface area contributed by atoms with Crippen molar-refractivity contribution in [2.75, 3.05) is 13.7 Å². The van der Waals surface area contributed by atoms with Crippen LogP contribution in [0.3, 0.4) is 0 Å². The molecule has 0 saturated carbocycles. The molecule has 0 fully saturated rings. The second-order valence-corrected chi connectivity index (χ2v) is 7.67. The number of methoxy groups -OCH3 is 1. The van der Waals surface area contributed by atoms with Crippen molar-refractivity contribution in [2.24, 2.45) is 0 Å². The molecule has 6 nitrogen and oxygen atoms in total. The summed E-state index contributed by atoms with van der Waals surface area (Å²) in [6, 6.07) is 21.4. The fourth-order valence-electron chi connectivity index (χ4n) is 3.61. The van der Waals surface area contributed by atoms with Gasteiger partial charge >= 0.3 is 0 Å². The number of benzene rings is 2. The summed E-state index contributed by atoms with van der Waals surface area (Å²) >= 11 is 0. The van der Waals surface area contributed by atoms with Crippen LogP contribution in [0.4, 0.5) is 0 Å². The molecular weight excluding hydrogens is 400 g/mol. The smallest absolute Gasteiger partial charge is 0.270 e. The molecule has 0 aliphatic carbocycles. The lowest BCUT2D eigenvalue weighted by Crippen LogP contribution is -2.28. The molecule has 1 N–H and O–H groups in total. The zero-order chi connectivity index (χ0) is 22.5. The molecule has 6 heteroatoms. The fraction of sp³-hybridized carbons (Fsp3) is 0.192. The van der Waals surface area contributed by atoms with Crippen LogP contribution >= 0.6 is 0 Å². The van der Waals surface area contributed by atoms with E-state index in [1.807, 2.05) is 74.5 Å². The Labute approximate surface area is 187 Å². The molecule has 0 atom stereocenters. The van der Waals surface area contributed by atoms with Crippen LogP contribution in [0.15, 0.2) is 72.9 Å². The van der Waals surface area contributed by atoms with E-state index in [1.165, 1.54) is 0 Å². The SMILES string of the molecule is COc1ccc(-c2cc(C(=O)NCCc3ccccn3)n(-c3ccc(C)cc3C)n2)cc1. The van der Waals surface area contributed by atoms with E-state index in [0.717, 1.165) is 39.5 Å². The van der Waals surface area contributed by atoms with Gasteiger partial charge in [-0.25, -0.2) is 4.68 Å². The number of aromatic nitrogens is 3. The van der Waals surface area contributed by atoms with Gasteiger partial charge in [0.25, 0.3) is 5.91 Å². The number of aryl methyl sites for hydroxylation is 2. The van der Waals surface area contributed by atoms with Gasteiger partial charge < -0.3 is 10.1 Å². The Bertz CT molecular complexity index is 1210. The Kier molecular flexibility index (Phi) is 6.31. The average molecular weight is 427 g/mol. The molecule has 162 valence electrons. The van der Waals surface area contributed by atoms with Gasteiger partial charge in [0.2, 0.25) is 0 Å². The first kappa shape index (κ1) is 21.3. The highest BCUT2D eigenvalue weighted by molar-refractivity contribution is 5.94. The largest absolute Gasteiger partial charge is 0.497 e. The van der Waals surface area contributed by atoms with E-state index in [0.29, 0.717) is 18.7 Å². The van der Waals surface area contributed by atoms with E-state index in [-0.39, 0.29) is 5.91 Å². The first-order chi connectivity index (χ1) is 15.5. The highest BCUT2D eigenvalue weighted by Crippen LogP contribution is 2.25. The molecule has 0 radical (unpaired) electrons. The predicted molar refractivity (Wildman–Crippen MR) is 125 cm³/mol. The number of carbonyl (C=O) groups is 1. The monoisotopic (exact) mass is 426 g/mol. The van der Waals surface area contributed by atoms with E-state index in [9.17, 15) is 4.79 Å². The van der Waals surface area contributed by atoms with Crippen LogP contribution in [-0.4, -0.2) is 34.3 Å². The number of hydrogen-bond donors (Lipinski definition) is 1. The van der Waals surface area contributed by atoms with Crippen LogP contribution in [0, 0.1) is 13.8 Å². The first-order valence-corrected chi connectivity index (χ1v) is 10.6. The highest BCUT2D eigenvalue weighted by atomic mass is 16.5. The number of rotatable bonds is 7. The van der Waals surface area contributed by atoms with Crippen LogP contribution in [0.25, 0.3) is 16.9 Å². The molecule has 2 heterocycles. The minimum atomic E-state index is -0.173. The van der Waals surface area contributed by atoms with Gasteiger partial charge in [0.1, 0.15) is 11.4 Å². The Balaban J connectivity index is 1.65. The van der Waals surface area contributed by atoms with Gasteiger partial charge in [-0.15, -0.1) is 0 Å². The molecule has 0 spiro atoms. The topological polar surface area (TPSA) is 69.0 Å². The lowest BCUT2D eigenvalue weighted by atomic mass is 10.1. The molecule has 32 heavy (non-hydrogen) atoms. The van der Waals surface area contributed by atoms with Gasteiger partial charge in [0.05, 0.1) is 18.5 Å². The Hall–Kier alpha value is -3.93. The molecule has 0 unspecified atom stereocenters. The van der Waals surface area contributed by atoms with Crippen LogP contribution in [-0.2, 0) is 6.42 Å². The summed E-state index contributed by atoms with van der Waals surface area (Å²) in [5.41, 5.74) is 6.16. The Morgan fingerprint density at radius 1 is 1.03 bits per heavy atom. The molecule has 0 bridgehead atoms. The van der Waals surface area contributed by atoms with Crippen molar-refractivity contribution in [3.05, 3.63) is 95.4 Å². The maximum Gasteiger partial charge on any atom is 0.270 e. The van der Waals surface area contributed by atoms with Crippen molar-refractivity contribution >= 4 is 5.91 Å². The third kappa shape index (κ3) is 4.70. The quantitative estimate of drug-likeness (QED) is 0.471. The summed E-state index contributed by atoms with van der Waals surface area (Å²) in [4.78, 5) is 17.5. The van der Waals surface area contributed by atoms with Gasteiger partial charge in [-0.1, -0.05) is 23.8 Å². The lowest BCUT2D eigenvalue weighted by molar-refractivity contribution is 0.0946. The minimum absolute atomic E-state index is 0.173. The number of hydrogen-bond acceptors (Lipinski definition) is 4. The van der Waals surface area contributed by atoms with E-state index in [2.05, 4.69) is 16.4 Å². The van der Waals surface area contributed by atoms with E-state index in [1.54, 1.807) is 18.0 Å². The van der Waals surface area contributed by atoms with Gasteiger partial charge in [0.15, 0.2) is 0 Å². The van der Waals surface area contributed by atoms with Gasteiger partial charge in [-0.3, -0.25) is 9.78 Å². The van der Waals surface area contributed by atoms with Crippen molar-refractivity contribution in [1.29, 1.82) is 0 Å². The third-order valence-corrected chi connectivity index (χ3v) is 5.30. The standard InChI is InChI=1S/C26H26N4O2/c1-18-7-12-24(19(2)16-18)30-25(26(31)28-15-13-21-6-4-5-14-27-21)17-23(29-30)20-8-10-22(32-3)11-9-20/h4-12,14,16-17H,13,15H2,1-3H3,(H,28,31). The Morgan fingerprint density at radius 2 is 1.84 bits per heavy atom. The molecule has 2 aromatic heterocycles. The maximum absolute atomic E-state index is 13.1. The summed E-state index contributed by atoms with van der Waals surface area (Å²) in [6.45, 7) is 4.57. The number of nitrogens with zero attached hydrogens (tertiary/aromatic N) is 3. The third-order valence-electron chi connectivity index (χ3n) is 5.30. The Morgan fingerprint density at radius 3 is 2.53 bits per heavy atom. The summed E-state index contributed by atoms with van der Waals surface area (Å²) in [6.07, 6.45) is 2.42. The van der Waals surface area contributed by atoms with Crippen molar-refractivity contribution in [2.45, 2.75) is 20.3 Å².